The Kier molecular flexibility index (Phi) is 9.67. The summed E-state index contributed by atoms with van der Waals surface area (Å²) in [6, 6.07) is 68.5. The Labute approximate surface area is 273 Å². The molecule has 0 aliphatic heterocycles. The summed E-state index contributed by atoms with van der Waals surface area (Å²) < 4.78 is 0. The molecule has 0 radical (unpaired) electrons. The van der Waals surface area contributed by atoms with Gasteiger partial charge in [0.05, 0.1) is 0 Å². The van der Waals surface area contributed by atoms with E-state index in [1.807, 2.05) is 13.8 Å². The molecule has 46 heavy (non-hydrogen) atoms. The molecule has 224 valence electrons. The third-order valence-electron chi connectivity index (χ3n) is 7.86. The smallest absolute Gasteiger partial charge is 0.0462 e. The van der Waals surface area contributed by atoms with E-state index in [-0.39, 0.29) is 0 Å². The van der Waals surface area contributed by atoms with E-state index in [0.717, 1.165) is 34.1 Å². The Balaban J connectivity index is 0.00000182. The standard InChI is InChI=1S/C42H32N2.C2H6/c1-5-13-37(14-6-1)43(38-15-7-2-8-16-38)41-29-25-35(26-30-41)33-21-23-34(24-22-33)36-27-31-42(32-28-36)44(39-17-9-3-10-18-39)40-19-11-4-12-20-40;1-2/h1-32H;1-2H3. The number of nitrogens with zero attached hydrogens (tertiary/aromatic N) is 2. The van der Waals surface area contributed by atoms with Crippen LogP contribution in [0.1, 0.15) is 13.8 Å². The monoisotopic (exact) mass is 594 g/mol. The maximum Gasteiger partial charge on any atom is 0.0462 e. The quantitative estimate of drug-likeness (QED) is 0.173. The lowest BCUT2D eigenvalue weighted by atomic mass is 9.99. The Hall–Kier alpha value is -5.86. The summed E-state index contributed by atoms with van der Waals surface area (Å²) in [7, 11) is 0. The van der Waals surface area contributed by atoms with Crippen LogP contribution in [0.4, 0.5) is 34.1 Å². The number of hydrogen-bond donors (Lipinski definition) is 0. The van der Waals surface area contributed by atoms with Crippen LogP contribution in [0.2, 0.25) is 0 Å². The molecule has 0 aliphatic carbocycles. The minimum Gasteiger partial charge on any atom is -0.311 e. The number of rotatable bonds is 8. The van der Waals surface area contributed by atoms with Crippen LogP contribution in [-0.2, 0) is 0 Å². The van der Waals surface area contributed by atoms with Crippen LogP contribution >= 0.6 is 0 Å². The van der Waals surface area contributed by atoms with Crippen LogP contribution in [0, 0.1) is 0 Å². The van der Waals surface area contributed by atoms with E-state index in [1.165, 1.54) is 22.3 Å². The van der Waals surface area contributed by atoms with Gasteiger partial charge in [0.15, 0.2) is 0 Å². The molecule has 7 aromatic carbocycles. The number of benzene rings is 7. The molecule has 0 aromatic heterocycles. The Bertz CT molecular complexity index is 1680. The average molecular weight is 595 g/mol. The fraction of sp³-hybridized carbons (Fsp3) is 0.0455. The molecule has 0 bridgehead atoms. The molecular formula is C44H38N2. The second-order valence-corrected chi connectivity index (χ2v) is 10.7. The molecule has 0 fully saturated rings. The summed E-state index contributed by atoms with van der Waals surface area (Å²) in [6.45, 7) is 4.00. The highest BCUT2D eigenvalue weighted by atomic mass is 15.1. The predicted octanol–water partition coefficient (Wildman–Crippen LogP) is 13.0. The average Bonchev–Trinajstić information content (AvgIpc) is 3.15. The first-order valence-electron chi connectivity index (χ1n) is 15.9. The molecule has 0 saturated carbocycles. The zero-order valence-corrected chi connectivity index (χ0v) is 26.4. The van der Waals surface area contributed by atoms with Gasteiger partial charge in [-0.25, -0.2) is 0 Å². The summed E-state index contributed by atoms with van der Waals surface area (Å²) in [4.78, 5) is 4.57. The predicted molar refractivity (Wildman–Crippen MR) is 198 cm³/mol. The maximum atomic E-state index is 2.28. The zero-order valence-electron chi connectivity index (χ0n) is 26.4. The van der Waals surface area contributed by atoms with Crippen molar-refractivity contribution in [2.45, 2.75) is 13.8 Å². The third-order valence-corrected chi connectivity index (χ3v) is 7.86. The van der Waals surface area contributed by atoms with Crippen molar-refractivity contribution in [2.75, 3.05) is 9.80 Å². The molecule has 0 spiro atoms. The fourth-order valence-electron chi connectivity index (χ4n) is 5.66. The molecule has 0 heterocycles. The number of anilines is 6. The molecular weight excluding hydrogens is 556 g/mol. The molecule has 0 N–H and O–H groups in total. The van der Waals surface area contributed by atoms with E-state index in [4.69, 9.17) is 0 Å². The van der Waals surface area contributed by atoms with E-state index < -0.39 is 0 Å². The molecule has 0 aliphatic rings. The van der Waals surface area contributed by atoms with Crippen molar-refractivity contribution in [1.29, 1.82) is 0 Å². The van der Waals surface area contributed by atoms with Gasteiger partial charge < -0.3 is 9.80 Å². The first kappa shape index (κ1) is 30.2. The highest BCUT2D eigenvalue weighted by Gasteiger charge is 2.13. The minimum atomic E-state index is 1.13. The summed E-state index contributed by atoms with van der Waals surface area (Å²) in [5, 5.41) is 0. The van der Waals surface area contributed by atoms with Crippen LogP contribution in [0.3, 0.4) is 0 Å². The molecule has 0 atom stereocenters. The van der Waals surface area contributed by atoms with Crippen molar-refractivity contribution in [2.24, 2.45) is 0 Å². The minimum absolute atomic E-state index is 1.13. The van der Waals surface area contributed by atoms with E-state index in [2.05, 4.69) is 204 Å². The van der Waals surface area contributed by atoms with Gasteiger partial charge in [0.1, 0.15) is 0 Å². The molecule has 0 unspecified atom stereocenters. The van der Waals surface area contributed by atoms with Gasteiger partial charge in [0.25, 0.3) is 0 Å². The highest BCUT2D eigenvalue weighted by molar-refractivity contribution is 5.80. The fourth-order valence-corrected chi connectivity index (χ4v) is 5.66. The molecule has 2 heteroatoms. The van der Waals surface area contributed by atoms with Gasteiger partial charge in [0.2, 0.25) is 0 Å². The molecule has 2 nitrogen and oxygen atoms in total. The van der Waals surface area contributed by atoms with Crippen LogP contribution in [0.5, 0.6) is 0 Å². The van der Waals surface area contributed by atoms with Gasteiger partial charge in [-0.2, -0.15) is 0 Å². The number of hydrogen-bond acceptors (Lipinski definition) is 2. The Morgan fingerprint density at radius 1 is 0.217 bits per heavy atom. The molecule has 7 aromatic rings. The van der Waals surface area contributed by atoms with E-state index in [0.29, 0.717) is 0 Å². The normalized spacial score (nSPS) is 10.4. The summed E-state index contributed by atoms with van der Waals surface area (Å²) in [5.41, 5.74) is 11.6. The van der Waals surface area contributed by atoms with Crippen molar-refractivity contribution in [3.8, 4) is 22.3 Å². The Morgan fingerprint density at radius 3 is 0.609 bits per heavy atom. The van der Waals surface area contributed by atoms with Crippen LogP contribution in [0.25, 0.3) is 22.3 Å². The van der Waals surface area contributed by atoms with E-state index in [9.17, 15) is 0 Å². The van der Waals surface area contributed by atoms with Crippen molar-refractivity contribution in [3.05, 3.63) is 194 Å². The SMILES string of the molecule is CC.c1ccc(N(c2ccccc2)c2ccc(-c3ccc(-c4ccc(N(c5ccccc5)c5ccccc5)cc4)cc3)cc2)cc1. The second kappa shape index (κ2) is 14.7. The van der Waals surface area contributed by atoms with Crippen molar-refractivity contribution < 1.29 is 0 Å². The van der Waals surface area contributed by atoms with Crippen molar-refractivity contribution in [1.82, 2.24) is 0 Å². The lowest BCUT2D eigenvalue weighted by Crippen LogP contribution is -2.09. The van der Waals surface area contributed by atoms with Gasteiger partial charge in [-0.05, 0) is 95.1 Å². The van der Waals surface area contributed by atoms with Crippen LogP contribution < -0.4 is 9.80 Å². The molecule has 7 rings (SSSR count). The first-order chi connectivity index (χ1) is 22.8. The summed E-state index contributed by atoms with van der Waals surface area (Å²) in [6.07, 6.45) is 0. The van der Waals surface area contributed by atoms with Gasteiger partial charge in [-0.1, -0.05) is 135 Å². The van der Waals surface area contributed by atoms with Gasteiger partial charge in [-0.15, -0.1) is 0 Å². The molecule has 0 saturated heterocycles. The lowest BCUT2D eigenvalue weighted by Gasteiger charge is -2.25. The maximum absolute atomic E-state index is 2.28. The summed E-state index contributed by atoms with van der Waals surface area (Å²) in [5.74, 6) is 0. The van der Waals surface area contributed by atoms with Gasteiger partial charge in [0, 0.05) is 34.1 Å². The highest BCUT2D eigenvalue weighted by Crippen LogP contribution is 2.37. The zero-order chi connectivity index (χ0) is 31.6. The van der Waals surface area contributed by atoms with Gasteiger partial charge in [-0.3, -0.25) is 0 Å². The largest absolute Gasteiger partial charge is 0.311 e. The molecule has 0 amide bonds. The topological polar surface area (TPSA) is 6.48 Å². The first-order valence-corrected chi connectivity index (χ1v) is 15.9. The second-order valence-electron chi connectivity index (χ2n) is 10.7. The summed E-state index contributed by atoms with van der Waals surface area (Å²) >= 11 is 0. The Morgan fingerprint density at radius 2 is 0.391 bits per heavy atom. The van der Waals surface area contributed by atoms with Crippen LogP contribution in [-0.4, -0.2) is 0 Å². The van der Waals surface area contributed by atoms with Crippen LogP contribution in [0.15, 0.2) is 194 Å². The van der Waals surface area contributed by atoms with E-state index >= 15 is 0 Å². The lowest BCUT2D eigenvalue weighted by molar-refractivity contribution is 1.28. The van der Waals surface area contributed by atoms with Crippen molar-refractivity contribution in [3.63, 3.8) is 0 Å². The van der Waals surface area contributed by atoms with Crippen molar-refractivity contribution >= 4 is 34.1 Å². The van der Waals surface area contributed by atoms with Gasteiger partial charge >= 0.3 is 0 Å². The third kappa shape index (κ3) is 6.77. The number of para-hydroxylation sites is 4. The van der Waals surface area contributed by atoms with E-state index in [1.54, 1.807) is 0 Å².